The molecule has 26 heavy (non-hydrogen) atoms. The Balaban J connectivity index is 1.84. The number of nitrogens with zero attached hydrogens (tertiary/aromatic N) is 3. The Kier molecular flexibility index (Phi) is 5.36. The van der Waals surface area contributed by atoms with E-state index in [9.17, 15) is 4.79 Å². The van der Waals surface area contributed by atoms with Crippen LogP contribution in [0.15, 0.2) is 49.3 Å². The molecule has 3 rings (SSSR count). The number of hydrogen-bond donors (Lipinski definition) is 2. The smallest absolute Gasteiger partial charge is 0.246 e. The number of anilines is 1. The summed E-state index contributed by atoms with van der Waals surface area (Å²) < 4.78 is 6.16. The third-order valence-electron chi connectivity index (χ3n) is 4.31. The lowest BCUT2D eigenvalue weighted by atomic mass is 10.1. The van der Waals surface area contributed by atoms with Gasteiger partial charge in [-0.25, -0.2) is 0 Å². The van der Waals surface area contributed by atoms with E-state index in [4.69, 9.17) is 4.74 Å². The predicted octanol–water partition coefficient (Wildman–Crippen LogP) is 3.02. The SMILES string of the molecule is C=CC(=O)N1CCC[C@@H](Oc2nc(N/C(C=C)=C/C)nc3[nH]ccc23)C1. The molecule has 1 atom stereocenters. The van der Waals surface area contributed by atoms with Crippen LogP contribution in [-0.4, -0.2) is 45.0 Å². The molecule has 0 unspecified atom stereocenters. The van der Waals surface area contributed by atoms with Gasteiger partial charge in [-0.05, 0) is 38.0 Å². The summed E-state index contributed by atoms with van der Waals surface area (Å²) in [5, 5.41) is 3.93. The fraction of sp³-hybridized carbons (Fsp3) is 0.316. The normalized spacial score (nSPS) is 17.8. The quantitative estimate of drug-likeness (QED) is 0.616. The highest BCUT2D eigenvalue weighted by atomic mass is 16.5. The molecule has 2 aromatic heterocycles. The fourth-order valence-corrected chi connectivity index (χ4v) is 2.95. The van der Waals surface area contributed by atoms with Gasteiger partial charge in [0.25, 0.3) is 0 Å². The maximum Gasteiger partial charge on any atom is 0.246 e. The highest BCUT2D eigenvalue weighted by Gasteiger charge is 2.25. The van der Waals surface area contributed by atoms with Crippen LogP contribution >= 0.6 is 0 Å². The molecule has 3 heterocycles. The Morgan fingerprint density at radius 1 is 1.42 bits per heavy atom. The van der Waals surface area contributed by atoms with Crippen molar-refractivity contribution in [1.82, 2.24) is 19.9 Å². The first kappa shape index (κ1) is 17.7. The zero-order valence-electron chi connectivity index (χ0n) is 14.9. The summed E-state index contributed by atoms with van der Waals surface area (Å²) >= 11 is 0. The second-order valence-electron chi connectivity index (χ2n) is 6.04. The lowest BCUT2D eigenvalue weighted by molar-refractivity contribution is -0.128. The first-order chi connectivity index (χ1) is 12.6. The Morgan fingerprint density at radius 2 is 2.27 bits per heavy atom. The van der Waals surface area contributed by atoms with Crippen molar-refractivity contribution in [2.75, 3.05) is 18.4 Å². The van der Waals surface area contributed by atoms with Crippen LogP contribution in [-0.2, 0) is 4.79 Å². The Bertz CT molecular complexity index is 855. The van der Waals surface area contributed by atoms with E-state index in [1.165, 1.54) is 6.08 Å². The molecule has 7 heteroatoms. The first-order valence-electron chi connectivity index (χ1n) is 8.63. The molecule has 0 aromatic carbocycles. The number of carbonyl (C=O) groups is 1. The Labute approximate surface area is 152 Å². The highest BCUT2D eigenvalue weighted by molar-refractivity contribution is 5.87. The van der Waals surface area contributed by atoms with Crippen LogP contribution < -0.4 is 10.1 Å². The van der Waals surface area contributed by atoms with Crippen molar-refractivity contribution in [2.45, 2.75) is 25.9 Å². The zero-order chi connectivity index (χ0) is 18.5. The lowest BCUT2D eigenvalue weighted by Crippen LogP contribution is -2.43. The van der Waals surface area contributed by atoms with Gasteiger partial charge in [0.1, 0.15) is 11.8 Å². The van der Waals surface area contributed by atoms with Crippen LogP contribution in [0.2, 0.25) is 0 Å². The van der Waals surface area contributed by atoms with E-state index >= 15 is 0 Å². The van der Waals surface area contributed by atoms with Crippen molar-refractivity contribution < 1.29 is 9.53 Å². The number of piperidine rings is 1. The van der Waals surface area contributed by atoms with Crippen LogP contribution in [0.4, 0.5) is 5.95 Å². The largest absolute Gasteiger partial charge is 0.472 e. The van der Waals surface area contributed by atoms with E-state index in [1.54, 1.807) is 17.2 Å². The van der Waals surface area contributed by atoms with E-state index in [1.807, 2.05) is 19.1 Å². The van der Waals surface area contributed by atoms with Gasteiger partial charge < -0.3 is 19.9 Å². The molecule has 0 radical (unpaired) electrons. The zero-order valence-corrected chi connectivity index (χ0v) is 14.9. The number of fused-ring (bicyclic) bond motifs is 1. The van der Waals surface area contributed by atoms with Crippen molar-refractivity contribution in [3.8, 4) is 5.88 Å². The fourth-order valence-electron chi connectivity index (χ4n) is 2.95. The molecule has 1 fully saturated rings. The maximum absolute atomic E-state index is 11.9. The number of ether oxygens (including phenoxy) is 1. The minimum absolute atomic E-state index is 0.0705. The standard InChI is InChI=1S/C19H23N5O2/c1-4-13(5-2)21-19-22-17-15(9-10-20-17)18(23-19)26-14-8-7-11-24(12-14)16(25)6-3/h4-6,9-10,14H,1,3,7-8,11-12H2,2H3,(H2,20,21,22,23)/b13-5+/t14-/m1/s1. The first-order valence-corrected chi connectivity index (χ1v) is 8.63. The van der Waals surface area contributed by atoms with Gasteiger partial charge in [0.05, 0.1) is 11.9 Å². The molecular formula is C19H23N5O2. The summed E-state index contributed by atoms with van der Waals surface area (Å²) in [6, 6.07) is 1.88. The van der Waals surface area contributed by atoms with Crippen LogP contribution in [0.25, 0.3) is 11.0 Å². The average molecular weight is 353 g/mol. The third-order valence-corrected chi connectivity index (χ3v) is 4.31. The third kappa shape index (κ3) is 3.77. The van der Waals surface area contributed by atoms with Crippen LogP contribution in [0, 0.1) is 0 Å². The van der Waals surface area contributed by atoms with Gasteiger partial charge in [0.15, 0.2) is 0 Å². The van der Waals surface area contributed by atoms with Gasteiger partial charge in [0, 0.05) is 18.4 Å². The van der Waals surface area contributed by atoms with Gasteiger partial charge in [-0.3, -0.25) is 4.79 Å². The molecule has 1 aliphatic heterocycles. The van der Waals surface area contributed by atoms with Crippen LogP contribution in [0.1, 0.15) is 19.8 Å². The topological polar surface area (TPSA) is 83.1 Å². The van der Waals surface area contributed by atoms with E-state index in [2.05, 4.69) is 33.4 Å². The summed E-state index contributed by atoms with van der Waals surface area (Å²) in [5.41, 5.74) is 1.49. The van der Waals surface area contributed by atoms with E-state index in [-0.39, 0.29) is 12.0 Å². The average Bonchev–Trinajstić information content (AvgIpc) is 3.14. The number of carbonyl (C=O) groups excluding carboxylic acids is 1. The number of rotatable bonds is 6. The summed E-state index contributed by atoms with van der Waals surface area (Å²) in [4.78, 5) is 25.7. The molecule has 0 bridgehead atoms. The number of nitrogens with one attached hydrogen (secondary N) is 2. The molecule has 1 aliphatic rings. The second kappa shape index (κ2) is 7.86. The van der Waals surface area contributed by atoms with Crippen molar-refractivity contribution in [2.24, 2.45) is 0 Å². The summed E-state index contributed by atoms with van der Waals surface area (Å²) in [6.07, 6.45) is 8.36. The van der Waals surface area contributed by atoms with Gasteiger partial charge >= 0.3 is 0 Å². The highest BCUT2D eigenvalue weighted by Crippen LogP contribution is 2.26. The van der Waals surface area contributed by atoms with Gasteiger partial charge in [-0.15, -0.1) is 0 Å². The molecule has 0 spiro atoms. The monoisotopic (exact) mass is 353 g/mol. The van der Waals surface area contributed by atoms with Crippen molar-refractivity contribution in [3.05, 3.63) is 49.3 Å². The van der Waals surface area contributed by atoms with Gasteiger partial charge in [-0.2, -0.15) is 9.97 Å². The molecule has 0 aliphatic carbocycles. The molecule has 1 amide bonds. The number of allylic oxidation sites excluding steroid dienone is 2. The number of H-pyrrole nitrogens is 1. The molecule has 1 saturated heterocycles. The summed E-state index contributed by atoms with van der Waals surface area (Å²) in [7, 11) is 0. The number of likely N-dealkylation sites (tertiary alicyclic amines) is 1. The van der Waals surface area contributed by atoms with E-state index in [0.717, 1.165) is 30.5 Å². The maximum atomic E-state index is 11.9. The minimum atomic E-state index is -0.117. The molecular weight excluding hydrogens is 330 g/mol. The molecule has 2 aromatic rings. The molecule has 0 saturated carbocycles. The molecule has 136 valence electrons. The van der Waals surface area contributed by atoms with E-state index < -0.39 is 0 Å². The minimum Gasteiger partial charge on any atom is -0.472 e. The molecule has 2 N–H and O–H groups in total. The van der Waals surface area contributed by atoms with Crippen LogP contribution in [0.3, 0.4) is 0 Å². The number of hydrogen-bond acceptors (Lipinski definition) is 5. The second-order valence-corrected chi connectivity index (χ2v) is 6.04. The lowest BCUT2D eigenvalue weighted by Gasteiger charge is -2.32. The van der Waals surface area contributed by atoms with Crippen molar-refractivity contribution >= 4 is 22.9 Å². The van der Waals surface area contributed by atoms with Crippen LogP contribution in [0.5, 0.6) is 5.88 Å². The van der Waals surface area contributed by atoms with Crippen molar-refractivity contribution in [1.29, 1.82) is 0 Å². The molecule has 7 nitrogen and oxygen atoms in total. The van der Waals surface area contributed by atoms with E-state index in [0.29, 0.717) is 24.0 Å². The van der Waals surface area contributed by atoms with Gasteiger partial charge in [0.2, 0.25) is 17.7 Å². The number of amides is 1. The number of aromatic nitrogens is 3. The summed E-state index contributed by atoms with van der Waals surface area (Å²) in [6.45, 7) is 10.5. The number of aromatic amines is 1. The predicted molar refractivity (Wildman–Crippen MR) is 102 cm³/mol. The van der Waals surface area contributed by atoms with Crippen molar-refractivity contribution in [3.63, 3.8) is 0 Å². The summed E-state index contributed by atoms with van der Waals surface area (Å²) in [5.74, 6) is 0.854. The Hall–Kier alpha value is -3.09. The van der Waals surface area contributed by atoms with Gasteiger partial charge in [-0.1, -0.05) is 19.2 Å². The Morgan fingerprint density at radius 3 is 3.00 bits per heavy atom.